The third-order valence-electron chi connectivity index (χ3n) is 7.48. The molecule has 1 aliphatic carbocycles. The minimum atomic E-state index is -0.749. The molecule has 35 heavy (non-hydrogen) atoms. The van der Waals surface area contributed by atoms with Crippen molar-refractivity contribution in [3.05, 3.63) is 48.0 Å². The van der Waals surface area contributed by atoms with Crippen LogP contribution in [0.5, 0.6) is 0 Å². The SMILES string of the molecule is CCCCCNC(=O)[C@@H]1[C@H]2C=C[C@@H](CCC)[C@@H](C(=O)NC)[C@@H]2C(=O)N1[C@@H](CO)Cc1ccccc1. The van der Waals surface area contributed by atoms with Crippen molar-refractivity contribution in [3.63, 3.8) is 0 Å². The van der Waals surface area contributed by atoms with E-state index in [0.717, 1.165) is 37.7 Å². The molecule has 1 aromatic carbocycles. The van der Waals surface area contributed by atoms with Crippen molar-refractivity contribution in [1.29, 1.82) is 0 Å². The monoisotopic (exact) mass is 483 g/mol. The molecule has 3 N–H and O–H groups in total. The maximum atomic E-state index is 14.0. The normalized spacial score (nSPS) is 26.3. The third kappa shape index (κ3) is 5.95. The number of nitrogens with one attached hydrogen (secondary N) is 2. The zero-order valence-corrected chi connectivity index (χ0v) is 21.3. The molecular formula is C28H41N3O4. The first-order chi connectivity index (χ1) is 17.0. The number of carbonyl (C=O) groups is 3. The van der Waals surface area contributed by atoms with Gasteiger partial charge in [0, 0.05) is 19.5 Å². The highest BCUT2D eigenvalue weighted by molar-refractivity contribution is 5.97. The van der Waals surface area contributed by atoms with E-state index in [0.29, 0.717) is 13.0 Å². The van der Waals surface area contributed by atoms with Gasteiger partial charge in [-0.05, 0) is 30.7 Å². The standard InChI is InChI=1S/C28H41N3O4/c1-4-6-10-16-30-27(34)25-22-15-14-20(11-5-2)23(26(33)29-3)24(22)28(35)31(25)21(18-32)17-19-12-8-7-9-13-19/h7-9,12-15,20-25,32H,4-6,10-11,16-18H2,1-3H3,(H,29,33)(H,30,34)/t20-,21-,22+,23-,24-,25+/m1/s1. The van der Waals surface area contributed by atoms with E-state index < -0.39 is 29.8 Å². The zero-order valence-electron chi connectivity index (χ0n) is 21.3. The molecule has 192 valence electrons. The Labute approximate surface area is 209 Å². The number of benzene rings is 1. The van der Waals surface area contributed by atoms with Crippen molar-refractivity contribution in [2.75, 3.05) is 20.2 Å². The van der Waals surface area contributed by atoms with E-state index in [1.54, 1.807) is 11.9 Å². The number of amides is 3. The molecule has 3 rings (SSSR count). The molecule has 1 heterocycles. The largest absolute Gasteiger partial charge is 0.394 e. The van der Waals surface area contributed by atoms with Crippen molar-refractivity contribution in [2.24, 2.45) is 23.7 Å². The molecule has 0 bridgehead atoms. The van der Waals surface area contributed by atoms with Gasteiger partial charge in [-0.2, -0.15) is 0 Å². The van der Waals surface area contributed by atoms with Crippen LogP contribution < -0.4 is 10.6 Å². The van der Waals surface area contributed by atoms with Crippen molar-refractivity contribution in [3.8, 4) is 0 Å². The summed E-state index contributed by atoms with van der Waals surface area (Å²) >= 11 is 0. The summed E-state index contributed by atoms with van der Waals surface area (Å²) in [6.45, 7) is 4.47. The van der Waals surface area contributed by atoms with Gasteiger partial charge in [0.15, 0.2) is 0 Å². The van der Waals surface area contributed by atoms with E-state index in [1.165, 1.54) is 0 Å². The molecule has 0 saturated carbocycles. The maximum absolute atomic E-state index is 14.0. The summed E-state index contributed by atoms with van der Waals surface area (Å²) in [4.78, 5) is 42.2. The summed E-state index contributed by atoms with van der Waals surface area (Å²) in [5.41, 5.74) is 0.985. The van der Waals surface area contributed by atoms with Gasteiger partial charge < -0.3 is 20.6 Å². The van der Waals surface area contributed by atoms with Crippen molar-refractivity contribution < 1.29 is 19.5 Å². The Morgan fingerprint density at radius 3 is 2.43 bits per heavy atom. The number of hydrogen-bond donors (Lipinski definition) is 3. The average Bonchev–Trinajstić information content (AvgIpc) is 3.17. The predicted octanol–water partition coefficient (Wildman–Crippen LogP) is 2.69. The van der Waals surface area contributed by atoms with Crippen LogP contribution >= 0.6 is 0 Å². The molecule has 6 atom stereocenters. The summed E-state index contributed by atoms with van der Waals surface area (Å²) in [6, 6.07) is 8.39. The number of unbranched alkanes of at least 4 members (excludes halogenated alkanes) is 2. The lowest BCUT2D eigenvalue weighted by atomic mass is 9.68. The fourth-order valence-electron chi connectivity index (χ4n) is 5.80. The second-order valence-electron chi connectivity index (χ2n) is 9.80. The van der Waals surface area contributed by atoms with Crippen LogP contribution in [0.4, 0.5) is 0 Å². The lowest BCUT2D eigenvalue weighted by Crippen LogP contribution is -2.53. The van der Waals surface area contributed by atoms with Crippen LogP contribution in [0, 0.1) is 23.7 Å². The Morgan fingerprint density at radius 2 is 1.80 bits per heavy atom. The van der Waals surface area contributed by atoms with Gasteiger partial charge in [-0.3, -0.25) is 14.4 Å². The molecule has 0 unspecified atom stereocenters. The summed E-state index contributed by atoms with van der Waals surface area (Å²) in [6.07, 6.45) is 9.09. The zero-order chi connectivity index (χ0) is 25.4. The minimum Gasteiger partial charge on any atom is -0.394 e. The summed E-state index contributed by atoms with van der Waals surface area (Å²) in [5.74, 6) is -2.19. The third-order valence-corrected chi connectivity index (χ3v) is 7.48. The number of aliphatic hydroxyl groups is 1. The van der Waals surface area contributed by atoms with Gasteiger partial charge >= 0.3 is 0 Å². The number of carbonyl (C=O) groups excluding carboxylic acids is 3. The molecule has 0 radical (unpaired) electrons. The van der Waals surface area contributed by atoms with E-state index in [2.05, 4.69) is 24.5 Å². The fraction of sp³-hybridized carbons (Fsp3) is 0.607. The number of fused-ring (bicyclic) bond motifs is 1. The highest BCUT2D eigenvalue weighted by atomic mass is 16.3. The Morgan fingerprint density at radius 1 is 1.06 bits per heavy atom. The lowest BCUT2D eigenvalue weighted by molar-refractivity contribution is -0.143. The van der Waals surface area contributed by atoms with Crippen LogP contribution in [0.2, 0.25) is 0 Å². The van der Waals surface area contributed by atoms with E-state index in [4.69, 9.17) is 0 Å². The summed E-state index contributed by atoms with van der Waals surface area (Å²) in [7, 11) is 1.60. The van der Waals surface area contributed by atoms with Gasteiger partial charge in [-0.25, -0.2) is 0 Å². The van der Waals surface area contributed by atoms with Gasteiger partial charge in [0.05, 0.1) is 24.5 Å². The molecule has 1 fully saturated rings. The fourth-order valence-corrected chi connectivity index (χ4v) is 5.80. The molecule has 0 aromatic heterocycles. The van der Waals surface area contributed by atoms with Gasteiger partial charge in [0.2, 0.25) is 17.7 Å². The van der Waals surface area contributed by atoms with Crippen LogP contribution in [0.3, 0.4) is 0 Å². The number of nitrogens with zero attached hydrogens (tertiary/aromatic N) is 1. The average molecular weight is 484 g/mol. The highest BCUT2D eigenvalue weighted by Gasteiger charge is 2.58. The molecule has 2 aliphatic rings. The van der Waals surface area contributed by atoms with E-state index >= 15 is 0 Å². The summed E-state index contributed by atoms with van der Waals surface area (Å²) < 4.78 is 0. The maximum Gasteiger partial charge on any atom is 0.243 e. The Bertz CT molecular complexity index is 887. The predicted molar refractivity (Wildman–Crippen MR) is 136 cm³/mol. The van der Waals surface area contributed by atoms with Gasteiger partial charge in [-0.15, -0.1) is 0 Å². The smallest absolute Gasteiger partial charge is 0.243 e. The van der Waals surface area contributed by atoms with Crippen LogP contribution in [0.15, 0.2) is 42.5 Å². The van der Waals surface area contributed by atoms with E-state index in [9.17, 15) is 19.5 Å². The number of aliphatic hydroxyl groups excluding tert-OH is 1. The second-order valence-corrected chi connectivity index (χ2v) is 9.80. The van der Waals surface area contributed by atoms with Crippen molar-refractivity contribution in [1.82, 2.24) is 15.5 Å². The molecule has 1 aromatic rings. The molecule has 7 nitrogen and oxygen atoms in total. The molecule has 7 heteroatoms. The van der Waals surface area contributed by atoms with Crippen LogP contribution in [0.1, 0.15) is 51.5 Å². The van der Waals surface area contributed by atoms with Gasteiger partial charge in [0.25, 0.3) is 0 Å². The first-order valence-corrected chi connectivity index (χ1v) is 13.1. The topological polar surface area (TPSA) is 98.7 Å². The highest BCUT2D eigenvalue weighted by Crippen LogP contribution is 2.46. The molecule has 0 spiro atoms. The molecular weight excluding hydrogens is 442 g/mol. The Hall–Kier alpha value is -2.67. The quantitative estimate of drug-likeness (QED) is 0.314. The Kier molecular flexibility index (Phi) is 9.90. The number of rotatable bonds is 12. The van der Waals surface area contributed by atoms with Gasteiger partial charge in [-0.1, -0.05) is 75.6 Å². The number of likely N-dealkylation sites (tertiary alicyclic amines) is 1. The van der Waals surface area contributed by atoms with Crippen molar-refractivity contribution in [2.45, 2.75) is 64.5 Å². The summed E-state index contributed by atoms with van der Waals surface area (Å²) in [5, 5.41) is 16.2. The first kappa shape index (κ1) is 26.9. The van der Waals surface area contributed by atoms with Crippen LogP contribution in [-0.2, 0) is 20.8 Å². The second kappa shape index (κ2) is 12.9. The lowest BCUT2D eigenvalue weighted by Gasteiger charge is -2.34. The molecule has 1 aliphatic heterocycles. The Balaban J connectivity index is 1.98. The number of allylic oxidation sites excluding steroid dienone is 1. The molecule has 1 saturated heterocycles. The first-order valence-electron chi connectivity index (χ1n) is 13.1. The van der Waals surface area contributed by atoms with Crippen LogP contribution in [0.25, 0.3) is 0 Å². The minimum absolute atomic E-state index is 0.0555. The number of hydrogen-bond acceptors (Lipinski definition) is 4. The van der Waals surface area contributed by atoms with Crippen molar-refractivity contribution >= 4 is 17.7 Å². The van der Waals surface area contributed by atoms with E-state index in [1.807, 2.05) is 42.5 Å². The van der Waals surface area contributed by atoms with Gasteiger partial charge in [0.1, 0.15) is 6.04 Å². The van der Waals surface area contributed by atoms with E-state index in [-0.39, 0.29) is 30.2 Å². The molecule has 3 amide bonds. The van der Waals surface area contributed by atoms with Crippen LogP contribution in [-0.4, -0.2) is 60.0 Å².